The maximum Gasteiger partial charge on any atom is 0.418 e. The van der Waals surface area contributed by atoms with E-state index in [4.69, 9.17) is 4.74 Å². The van der Waals surface area contributed by atoms with Gasteiger partial charge in [0.15, 0.2) is 5.69 Å². The first-order valence-corrected chi connectivity index (χ1v) is 9.34. The molecular formula is C21H17F3N4O3. The summed E-state index contributed by atoms with van der Waals surface area (Å²) in [5.41, 5.74) is 0.453. The minimum Gasteiger partial charge on any atom is -0.467 e. The van der Waals surface area contributed by atoms with Crippen LogP contribution in [0.2, 0.25) is 0 Å². The molecule has 160 valence electrons. The van der Waals surface area contributed by atoms with Gasteiger partial charge < -0.3 is 9.64 Å². The number of fused-ring (bicyclic) bond motifs is 1. The topological polar surface area (TPSA) is 77.3 Å². The number of aromatic nitrogens is 3. The van der Waals surface area contributed by atoms with Gasteiger partial charge in [0.2, 0.25) is 0 Å². The van der Waals surface area contributed by atoms with Crippen molar-refractivity contribution in [3.63, 3.8) is 0 Å². The molecule has 1 aliphatic heterocycles. The highest BCUT2D eigenvalue weighted by Crippen LogP contribution is 2.33. The first kappa shape index (κ1) is 20.6. The summed E-state index contributed by atoms with van der Waals surface area (Å²) in [4.78, 5) is 26.8. The Morgan fingerprint density at radius 3 is 2.45 bits per heavy atom. The van der Waals surface area contributed by atoms with Crippen molar-refractivity contribution in [2.75, 3.05) is 7.11 Å². The first-order chi connectivity index (χ1) is 14.8. The van der Waals surface area contributed by atoms with Crippen molar-refractivity contribution in [3.8, 4) is 5.69 Å². The molecular weight excluding hydrogens is 413 g/mol. The number of nitrogens with zero attached hydrogens (tertiary/aromatic N) is 4. The SMILES string of the molecule is COC(=O)C1Cc2ccccc2CN1C(=O)c1cn(-c2ccccc2C(F)(F)F)nn1. The number of amides is 1. The fraction of sp³-hybridized carbons (Fsp3) is 0.238. The zero-order chi connectivity index (χ0) is 22.2. The Bertz CT molecular complexity index is 1140. The van der Waals surface area contributed by atoms with E-state index in [1.165, 1.54) is 30.2 Å². The van der Waals surface area contributed by atoms with Crippen LogP contribution in [-0.2, 0) is 28.7 Å². The van der Waals surface area contributed by atoms with Gasteiger partial charge in [-0.05, 0) is 23.3 Å². The summed E-state index contributed by atoms with van der Waals surface area (Å²) in [5.74, 6) is -1.21. The number of para-hydroxylation sites is 1. The van der Waals surface area contributed by atoms with Crippen LogP contribution in [0.4, 0.5) is 13.2 Å². The molecule has 31 heavy (non-hydrogen) atoms. The van der Waals surface area contributed by atoms with Gasteiger partial charge in [-0.25, -0.2) is 9.48 Å². The number of carbonyl (C=O) groups excluding carboxylic acids is 2. The monoisotopic (exact) mass is 430 g/mol. The number of halogens is 3. The summed E-state index contributed by atoms with van der Waals surface area (Å²) in [6.07, 6.45) is -3.21. The molecule has 3 aromatic rings. The fourth-order valence-corrected chi connectivity index (χ4v) is 3.62. The van der Waals surface area contributed by atoms with Crippen LogP contribution < -0.4 is 0 Å². The summed E-state index contributed by atoms with van der Waals surface area (Å²) >= 11 is 0. The van der Waals surface area contributed by atoms with Crippen LogP contribution in [0, 0.1) is 0 Å². The van der Waals surface area contributed by atoms with Crippen molar-refractivity contribution < 1.29 is 27.5 Å². The fourth-order valence-electron chi connectivity index (χ4n) is 3.62. The molecule has 0 aliphatic carbocycles. The van der Waals surface area contributed by atoms with E-state index in [0.29, 0.717) is 0 Å². The minimum atomic E-state index is -4.60. The van der Waals surface area contributed by atoms with Crippen molar-refractivity contribution in [1.82, 2.24) is 19.9 Å². The molecule has 2 aromatic carbocycles. The van der Waals surface area contributed by atoms with Crippen LogP contribution in [0.25, 0.3) is 5.69 Å². The van der Waals surface area contributed by atoms with Crippen LogP contribution in [0.1, 0.15) is 27.2 Å². The minimum absolute atomic E-state index is 0.140. The Hall–Kier alpha value is -3.69. The van der Waals surface area contributed by atoms with E-state index in [1.54, 1.807) is 0 Å². The van der Waals surface area contributed by atoms with Gasteiger partial charge in [0.25, 0.3) is 5.91 Å². The molecule has 0 saturated heterocycles. The van der Waals surface area contributed by atoms with Gasteiger partial charge in [0.1, 0.15) is 6.04 Å². The first-order valence-electron chi connectivity index (χ1n) is 9.34. The van der Waals surface area contributed by atoms with Crippen molar-refractivity contribution in [2.24, 2.45) is 0 Å². The van der Waals surface area contributed by atoms with Crippen molar-refractivity contribution in [1.29, 1.82) is 0 Å². The molecule has 0 radical (unpaired) electrons. The lowest BCUT2D eigenvalue weighted by atomic mass is 9.93. The Kier molecular flexibility index (Phi) is 5.22. The molecule has 7 nitrogen and oxygen atoms in total. The molecule has 0 saturated carbocycles. The number of hydrogen-bond donors (Lipinski definition) is 0. The van der Waals surface area contributed by atoms with Crippen LogP contribution in [0.15, 0.2) is 54.7 Å². The summed E-state index contributed by atoms with van der Waals surface area (Å²) in [5, 5.41) is 7.48. The lowest BCUT2D eigenvalue weighted by Gasteiger charge is -2.34. The molecule has 1 aliphatic rings. The molecule has 0 fully saturated rings. The zero-order valence-electron chi connectivity index (χ0n) is 16.3. The third-order valence-corrected chi connectivity index (χ3v) is 5.15. The molecule has 0 bridgehead atoms. The van der Waals surface area contributed by atoms with E-state index in [9.17, 15) is 22.8 Å². The largest absolute Gasteiger partial charge is 0.467 e. The molecule has 0 spiro atoms. The third kappa shape index (κ3) is 3.88. The zero-order valence-corrected chi connectivity index (χ0v) is 16.3. The van der Waals surface area contributed by atoms with E-state index in [2.05, 4.69) is 10.3 Å². The predicted octanol–water partition coefficient (Wildman–Crippen LogP) is 3.03. The highest BCUT2D eigenvalue weighted by atomic mass is 19.4. The Balaban J connectivity index is 1.68. The van der Waals surface area contributed by atoms with E-state index < -0.39 is 29.7 Å². The Labute approximate surface area is 175 Å². The van der Waals surface area contributed by atoms with Gasteiger partial charge >= 0.3 is 12.1 Å². The number of ether oxygens (including phenoxy) is 1. The normalized spacial score (nSPS) is 16.0. The lowest BCUT2D eigenvalue weighted by molar-refractivity contribution is -0.146. The number of benzene rings is 2. The Morgan fingerprint density at radius 2 is 1.74 bits per heavy atom. The number of methoxy groups -OCH3 is 1. The number of rotatable bonds is 3. The van der Waals surface area contributed by atoms with Gasteiger partial charge in [0.05, 0.1) is 24.6 Å². The van der Waals surface area contributed by atoms with Crippen molar-refractivity contribution >= 4 is 11.9 Å². The second-order valence-electron chi connectivity index (χ2n) is 7.01. The smallest absolute Gasteiger partial charge is 0.418 e. The molecule has 1 atom stereocenters. The second kappa shape index (κ2) is 7.86. The molecule has 1 unspecified atom stereocenters. The summed E-state index contributed by atoms with van der Waals surface area (Å²) in [6.45, 7) is 0.140. The molecule has 10 heteroatoms. The average Bonchev–Trinajstić information content (AvgIpc) is 3.26. The van der Waals surface area contributed by atoms with Crippen LogP contribution in [0.3, 0.4) is 0 Å². The Morgan fingerprint density at radius 1 is 1.06 bits per heavy atom. The lowest BCUT2D eigenvalue weighted by Crippen LogP contribution is -2.49. The van der Waals surface area contributed by atoms with Crippen LogP contribution >= 0.6 is 0 Å². The highest BCUT2D eigenvalue weighted by Gasteiger charge is 2.37. The summed E-state index contributed by atoms with van der Waals surface area (Å²) < 4.78 is 45.7. The standard InChI is InChI=1S/C21H17F3N4O3/c1-31-20(30)18-10-13-6-2-3-7-14(13)11-27(18)19(29)16-12-28(26-25-16)17-9-5-4-8-15(17)21(22,23)24/h2-9,12,18H,10-11H2,1H3. The van der Waals surface area contributed by atoms with E-state index in [1.807, 2.05) is 24.3 Å². The van der Waals surface area contributed by atoms with Gasteiger partial charge in [-0.1, -0.05) is 41.6 Å². The summed E-state index contributed by atoms with van der Waals surface area (Å²) in [7, 11) is 1.23. The quantitative estimate of drug-likeness (QED) is 0.597. The van der Waals surface area contributed by atoms with Crippen LogP contribution in [-0.4, -0.2) is 44.9 Å². The number of hydrogen-bond acceptors (Lipinski definition) is 5. The van der Waals surface area contributed by atoms with E-state index in [-0.39, 0.29) is 24.3 Å². The second-order valence-corrected chi connectivity index (χ2v) is 7.01. The van der Waals surface area contributed by atoms with E-state index in [0.717, 1.165) is 28.1 Å². The molecule has 2 heterocycles. The van der Waals surface area contributed by atoms with Crippen molar-refractivity contribution in [2.45, 2.75) is 25.2 Å². The average molecular weight is 430 g/mol. The number of carbonyl (C=O) groups is 2. The van der Waals surface area contributed by atoms with Gasteiger partial charge in [-0.3, -0.25) is 4.79 Å². The van der Waals surface area contributed by atoms with Crippen molar-refractivity contribution in [3.05, 3.63) is 77.1 Å². The highest BCUT2D eigenvalue weighted by molar-refractivity contribution is 5.95. The third-order valence-electron chi connectivity index (χ3n) is 5.15. The van der Waals surface area contributed by atoms with Crippen LogP contribution in [0.5, 0.6) is 0 Å². The maximum absolute atomic E-state index is 13.3. The van der Waals surface area contributed by atoms with E-state index >= 15 is 0 Å². The number of esters is 1. The maximum atomic E-state index is 13.3. The summed E-state index contributed by atoms with van der Waals surface area (Å²) in [6, 6.07) is 11.4. The van der Waals surface area contributed by atoms with Gasteiger partial charge in [0, 0.05) is 13.0 Å². The number of alkyl halides is 3. The molecule has 1 aromatic heterocycles. The molecule has 0 N–H and O–H groups in total. The van der Waals surface area contributed by atoms with Gasteiger partial charge in [-0.15, -0.1) is 5.10 Å². The van der Waals surface area contributed by atoms with Gasteiger partial charge in [-0.2, -0.15) is 13.2 Å². The molecule has 4 rings (SSSR count). The molecule has 1 amide bonds. The predicted molar refractivity (Wildman–Crippen MR) is 102 cm³/mol.